The minimum absolute atomic E-state index is 0.0679. The molecule has 0 bridgehead atoms. The highest BCUT2D eigenvalue weighted by Gasteiger charge is 2.42. The Morgan fingerprint density at radius 1 is 0.848 bits per heavy atom. The van der Waals surface area contributed by atoms with Gasteiger partial charge in [-0.3, -0.25) is 24.1 Å². The summed E-state index contributed by atoms with van der Waals surface area (Å²) in [5.41, 5.74) is -0.556. The molecule has 0 radical (unpaired) electrons. The van der Waals surface area contributed by atoms with Gasteiger partial charge < -0.3 is 20.7 Å². The first-order valence-corrected chi connectivity index (χ1v) is 10.8. The number of nitrogens with zero attached hydrogens (tertiary/aromatic N) is 1. The lowest BCUT2D eigenvalue weighted by Gasteiger charge is -2.29. The number of amides is 5. The molecule has 0 fully saturated rings. The van der Waals surface area contributed by atoms with Crippen LogP contribution in [0.4, 0.5) is 4.79 Å². The fourth-order valence-corrected chi connectivity index (χ4v) is 3.15. The second-order valence-corrected chi connectivity index (χ2v) is 9.66. The average molecular weight is 461 g/mol. The minimum atomic E-state index is -0.670. The predicted molar refractivity (Wildman–Crippen MR) is 121 cm³/mol. The van der Waals surface area contributed by atoms with Gasteiger partial charge in [0.2, 0.25) is 5.91 Å². The first-order chi connectivity index (χ1) is 15.2. The Morgan fingerprint density at radius 2 is 1.45 bits per heavy atom. The van der Waals surface area contributed by atoms with E-state index in [2.05, 4.69) is 16.0 Å². The third-order valence-electron chi connectivity index (χ3n) is 4.57. The zero-order chi connectivity index (χ0) is 25.0. The minimum Gasteiger partial charge on any atom is -0.444 e. The lowest BCUT2D eigenvalue weighted by Crippen LogP contribution is -2.45. The third-order valence-corrected chi connectivity index (χ3v) is 4.57. The molecule has 3 N–H and O–H groups in total. The van der Waals surface area contributed by atoms with Crippen LogP contribution in [0.25, 0.3) is 0 Å². The number of imide groups is 1. The van der Waals surface area contributed by atoms with Crippen LogP contribution in [-0.2, 0) is 9.53 Å². The molecular formula is C23H32N4O6. The maximum atomic E-state index is 12.7. The summed E-state index contributed by atoms with van der Waals surface area (Å²) >= 11 is 0. The first kappa shape index (κ1) is 25.8. The molecule has 1 aliphatic heterocycles. The van der Waals surface area contributed by atoms with Crippen molar-refractivity contribution in [2.45, 2.75) is 59.1 Å². The van der Waals surface area contributed by atoms with Gasteiger partial charge in [-0.2, -0.15) is 0 Å². The Kier molecular flexibility index (Phi) is 7.84. The van der Waals surface area contributed by atoms with Crippen LogP contribution in [0.5, 0.6) is 0 Å². The number of fused-ring (bicyclic) bond motifs is 1. The van der Waals surface area contributed by atoms with Crippen molar-refractivity contribution in [3.8, 4) is 0 Å². The first-order valence-electron chi connectivity index (χ1n) is 10.8. The van der Waals surface area contributed by atoms with Crippen molar-refractivity contribution in [1.29, 1.82) is 0 Å². The Hall–Kier alpha value is -3.43. The van der Waals surface area contributed by atoms with Gasteiger partial charge in [0.15, 0.2) is 0 Å². The molecule has 10 nitrogen and oxygen atoms in total. The van der Waals surface area contributed by atoms with Gasteiger partial charge in [0.05, 0.1) is 11.1 Å². The van der Waals surface area contributed by atoms with E-state index in [1.165, 1.54) is 23.1 Å². The summed E-state index contributed by atoms with van der Waals surface area (Å²) in [4.78, 5) is 62.2. The van der Waals surface area contributed by atoms with E-state index in [4.69, 9.17) is 4.74 Å². The Bertz CT molecular complexity index is 959. The Balaban J connectivity index is 1.78. The summed E-state index contributed by atoms with van der Waals surface area (Å²) in [5.74, 6) is -1.51. The van der Waals surface area contributed by atoms with Crippen LogP contribution in [0.15, 0.2) is 18.2 Å². The van der Waals surface area contributed by atoms with Crippen molar-refractivity contribution in [3.05, 3.63) is 34.9 Å². The molecule has 0 saturated carbocycles. The monoisotopic (exact) mass is 460 g/mol. The number of carbonyl (C=O) groups excluding carboxylic acids is 5. The molecule has 1 aromatic carbocycles. The van der Waals surface area contributed by atoms with Crippen LogP contribution in [0.1, 0.15) is 79.0 Å². The number of nitrogens with one attached hydrogen (secondary N) is 3. The van der Waals surface area contributed by atoms with E-state index in [1.807, 2.05) is 0 Å². The van der Waals surface area contributed by atoms with Gasteiger partial charge >= 0.3 is 6.09 Å². The largest absolute Gasteiger partial charge is 0.444 e. The zero-order valence-electron chi connectivity index (χ0n) is 20.0. The SMILES string of the molecule is CC(C)(C)OC(=O)NCCC(=O)NCCNC(=O)c1ccc2c(c1)C(=O)N(C(C)(C)C)C2=O. The van der Waals surface area contributed by atoms with Crippen molar-refractivity contribution in [2.75, 3.05) is 19.6 Å². The van der Waals surface area contributed by atoms with Crippen LogP contribution in [-0.4, -0.2) is 65.4 Å². The summed E-state index contributed by atoms with van der Waals surface area (Å²) in [5, 5.41) is 7.79. The lowest BCUT2D eigenvalue weighted by molar-refractivity contribution is -0.120. The quantitative estimate of drug-likeness (QED) is 0.420. The van der Waals surface area contributed by atoms with Crippen LogP contribution >= 0.6 is 0 Å². The van der Waals surface area contributed by atoms with Gasteiger partial charge in [-0.05, 0) is 59.7 Å². The van der Waals surface area contributed by atoms with Crippen molar-refractivity contribution in [2.24, 2.45) is 0 Å². The molecule has 0 atom stereocenters. The van der Waals surface area contributed by atoms with Gasteiger partial charge in [0.25, 0.3) is 17.7 Å². The molecule has 0 aromatic heterocycles. The standard InChI is InChI=1S/C23H32N4O6/c1-22(2,3)27-19(30)15-8-7-14(13-16(15)20(27)31)18(29)25-12-11-24-17(28)9-10-26-21(32)33-23(4,5)6/h7-8,13H,9-12H2,1-6H3,(H,24,28)(H,25,29)(H,26,32). The lowest BCUT2D eigenvalue weighted by atomic mass is 10.1. The predicted octanol–water partition coefficient (Wildman–Crippen LogP) is 1.84. The highest BCUT2D eigenvalue weighted by molar-refractivity contribution is 6.22. The number of carbonyl (C=O) groups is 5. The van der Waals surface area contributed by atoms with Crippen LogP contribution < -0.4 is 16.0 Å². The fraction of sp³-hybridized carbons (Fsp3) is 0.522. The number of hydrogen-bond donors (Lipinski definition) is 3. The number of hydrogen-bond acceptors (Lipinski definition) is 6. The second kappa shape index (κ2) is 10.0. The number of ether oxygens (including phenoxy) is 1. The highest BCUT2D eigenvalue weighted by atomic mass is 16.6. The molecular weight excluding hydrogens is 428 g/mol. The van der Waals surface area contributed by atoms with Crippen molar-refractivity contribution < 1.29 is 28.7 Å². The highest BCUT2D eigenvalue weighted by Crippen LogP contribution is 2.29. The van der Waals surface area contributed by atoms with E-state index in [-0.39, 0.29) is 54.6 Å². The van der Waals surface area contributed by atoms with Gasteiger partial charge in [-0.15, -0.1) is 0 Å². The van der Waals surface area contributed by atoms with Gasteiger partial charge in [0, 0.05) is 37.2 Å². The molecule has 180 valence electrons. The molecule has 1 aromatic rings. The molecule has 0 unspecified atom stereocenters. The zero-order valence-corrected chi connectivity index (χ0v) is 20.0. The van der Waals surface area contributed by atoms with E-state index in [1.54, 1.807) is 41.5 Å². The van der Waals surface area contributed by atoms with E-state index in [0.29, 0.717) is 0 Å². The third kappa shape index (κ3) is 7.03. The average Bonchev–Trinajstić information content (AvgIpc) is 2.93. The molecule has 33 heavy (non-hydrogen) atoms. The smallest absolute Gasteiger partial charge is 0.407 e. The van der Waals surface area contributed by atoms with Crippen molar-refractivity contribution >= 4 is 29.7 Å². The van der Waals surface area contributed by atoms with Gasteiger partial charge in [0.1, 0.15) is 5.60 Å². The molecule has 0 aliphatic carbocycles. The molecule has 5 amide bonds. The van der Waals surface area contributed by atoms with Crippen molar-refractivity contribution in [3.63, 3.8) is 0 Å². The topological polar surface area (TPSA) is 134 Å². The summed E-state index contributed by atoms with van der Waals surface area (Å²) in [6.45, 7) is 11.0. The van der Waals surface area contributed by atoms with Gasteiger partial charge in [-0.1, -0.05) is 0 Å². The summed E-state index contributed by atoms with van der Waals surface area (Å²) in [7, 11) is 0. The van der Waals surface area contributed by atoms with E-state index in [9.17, 15) is 24.0 Å². The molecule has 1 heterocycles. The van der Waals surface area contributed by atoms with Crippen molar-refractivity contribution in [1.82, 2.24) is 20.9 Å². The summed E-state index contributed by atoms with van der Waals surface area (Å²) in [6, 6.07) is 4.39. The number of alkyl carbamates (subject to hydrolysis) is 1. The second-order valence-electron chi connectivity index (χ2n) is 9.66. The van der Waals surface area contributed by atoms with E-state index in [0.717, 1.165) is 0 Å². The number of rotatable bonds is 7. The summed E-state index contributed by atoms with van der Waals surface area (Å²) in [6.07, 6.45) is -0.527. The normalized spacial score (nSPS) is 13.5. The van der Waals surface area contributed by atoms with E-state index < -0.39 is 29.0 Å². The molecule has 10 heteroatoms. The van der Waals surface area contributed by atoms with Crippen LogP contribution in [0, 0.1) is 0 Å². The Labute approximate surface area is 193 Å². The maximum absolute atomic E-state index is 12.7. The Morgan fingerprint density at radius 3 is 2.06 bits per heavy atom. The van der Waals surface area contributed by atoms with E-state index >= 15 is 0 Å². The summed E-state index contributed by atoms with van der Waals surface area (Å²) < 4.78 is 5.08. The number of benzene rings is 1. The van der Waals surface area contributed by atoms with Crippen LogP contribution in [0.2, 0.25) is 0 Å². The van der Waals surface area contributed by atoms with Crippen LogP contribution in [0.3, 0.4) is 0 Å². The maximum Gasteiger partial charge on any atom is 0.407 e. The molecule has 1 aliphatic rings. The molecule has 0 spiro atoms. The fourth-order valence-electron chi connectivity index (χ4n) is 3.15. The van der Waals surface area contributed by atoms with Gasteiger partial charge in [-0.25, -0.2) is 4.79 Å². The molecule has 0 saturated heterocycles. The molecule has 2 rings (SSSR count).